The summed E-state index contributed by atoms with van der Waals surface area (Å²) in [6.45, 7) is 9.28. The number of aromatic nitrogens is 2. The molecule has 1 heterocycles. The number of hydrogen-bond acceptors (Lipinski definition) is 3. The highest BCUT2D eigenvalue weighted by Crippen LogP contribution is 2.18. The van der Waals surface area contributed by atoms with E-state index in [1.54, 1.807) is 7.11 Å². The Hall–Kier alpha value is -0.870. The lowest BCUT2D eigenvalue weighted by Crippen LogP contribution is -2.34. The van der Waals surface area contributed by atoms with Crippen molar-refractivity contribution >= 4 is 0 Å². The Morgan fingerprint density at radius 1 is 1.47 bits per heavy atom. The first kappa shape index (κ1) is 14.2. The fourth-order valence-electron chi connectivity index (χ4n) is 1.95. The fraction of sp³-hybridized carbons (Fsp3) is 0.769. The van der Waals surface area contributed by atoms with E-state index < -0.39 is 0 Å². The number of methoxy groups -OCH3 is 1. The van der Waals surface area contributed by atoms with Gasteiger partial charge in [-0.1, -0.05) is 13.8 Å². The minimum absolute atomic E-state index is 0.428. The largest absolute Gasteiger partial charge is 0.383 e. The van der Waals surface area contributed by atoms with Crippen molar-refractivity contribution in [3.8, 4) is 0 Å². The SMILES string of the molecule is CCCn1nccc1C(C)C(C)NCCOC. The van der Waals surface area contributed by atoms with Crippen molar-refractivity contribution in [2.45, 2.75) is 45.7 Å². The minimum Gasteiger partial charge on any atom is -0.383 e. The summed E-state index contributed by atoms with van der Waals surface area (Å²) in [4.78, 5) is 0. The lowest BCUT2D eigenvalue weighted by molar-refractivity contribution is 0.195. The second-order valence-electron chi connectivity index (χ2n) is 4.50. The molecule has 2 unspecified atom stereocenters. The zero-order valence-electron chi connectivity index (χ0n) is 11.4. The fourth-order valence-corrected chi connectivity index (χ4v) is 1.95. The van der Waals surface area contributed by atoms with E-state index in [1.165, 1.54) is 5.69 Å². The lowest BCUT2D eigenvalue weighted by Gasteiger charge is -2.22. The average molecular weight is 239 g/mol. The second-order valence-corrected chi connectivity index (χ2v) is 4.50. The molecule has 17 heavy (non-hydrogen) atoms. The predicted molar refractivity (Wildman–Crippen MR) is 70.3 cm³/mol. The van der Waals surface area contributed by atoms with Crippen molar-refractivity contribution in [3.63, 3.8) is 0 Å². The third-order valence-electron chi connectivity index (χ3n) is 3.17. The third-order valence-corrected chi connectivity index (χ3v) is 3.17. The first-order chi connectivity index (χ1) is 8.20. The van der Waals surface area contributed by atoms with Gasteiger partial charge in [-0.05, 0) is 19.4 Å². The first-order valence-corrected chi connectivity index (χ1v) is 6.44. The van der Waals surface area contributed by atoms with Crippen LogP contribution in [0.2, 0.25) is 0 Å². The van der Waals surface area contributed by atoms with E-state index in [0.29, 0.717) is 12.0 Å². The average Bonchev–Trinajstić information content (AvgIpc) is 2.77. The van der Waals surface area contributed by atoms with Gasteiger partial charge in [0.25, 0.3) is 0 Å². The molecule has 1 rings (SSSR count). The Bertz CT molecular complexity index is 311. The van der Waals surface area contributed by atoms with E-state index in [4.69, 9.17) is 4.74 Å². The normalized spacial score (nSPS) is 14.8. The van der Waals surface area contributed by atoms with Gasteiger partial charge in [0.2, 0.25) is 0 Å². The summed E-state index contributed by atoms with van der Waals surface area (Å²) < 4.78 is 7.16. The van der Waals surface area contributed by atoms with Crippen molar-refractivity contribution in [1.82, 2.24) is 15.1 Å². The van der Waals surface area contributed by atoms with Crippen LogP contribution < -0.4 is 5.32 Å². The van der Waals surface area contributed by atoms with Crippen LogP contribution in [0.1, 0.15) is 38.8 Å². The smallest absolute Gasteiger partial charge is 0.0587 e. The molecule has 0 aliphatic heterocycles. The highest BCUT2D eigenvalue weighted by atomic mass is 16.5. The lowest BCUT2D eigenvalue weighted by atomic mass is 9.99. The van der Waals surface area contributed by atoms with Crippen LogP contribution in [0.15, 0.2) is 12.3 Å². The van der Waals surface area contributed by atoms with Crippen LogP contribution in [-0.4, -0.2) is 36.1 Å². The first-order valence-electron chi connectivity index (χ1n) is 6.44. The van der Waals surface area contributed by atoms with Crippen LogP contribution in [0.3, 0.4) is 0 Å². The molecule has 0 bridgehead atoms. The van der Waals surface area contributed by atoms with E-state index in [9.17, 15) is 0 Å². The molecule has 0 aliphatic carbocycles. The van der Waals surface area contributed by atoms with Gasteiger partial charge in [0, 0.05) is 44.0 Å². The van der Waals surface area contributed by atoms with Gasteiger partial charge in [-0.2, -0.15) is 5.10 Å². The molecule has 0 aliphatic rings. The number of nitrogens with zero attached hydrogens (tertiary/aromatic N) is 2. The summed E-state index contributed by atoms with van der Waals surface area (Å²) in [5, 5.41) is 7.84. The predicted octanol–water partition coefficient (Wildman–Crippen LogP) is 2.02. The van der Waals surface area contributed by atoms with E-state index in [2.05, 4.69) is 41.9 Å². The molecule has 98 valence electrons. The Labute approximate surface area is 104 Å². The maximum absolute atomic E-state index is 5.04. The molecule has 4 heteroatoms. The van der Waals surface area contributed by atoms with Gasteiger partial charge < -0.3 is 10.1 Å². The molecule has 1 N–H and O–H groups in total. The van der Waals surface area contributed by atoms with Crippen LogP contribution in [0, 0.1) is 0 Å². The van der Waals surface area contributed by atoms with Crippen molar-refractivity contribution in [3.05, 3.63) is 18.0 Å². The van der Waals surface area contributed by atoms with E-state index >= 15 is 0 Å². The van der Waals surface area contributed by atoms with Crippen molar-refractivity contribution in [2.24, 2.45) is 0 Å². The summed E-state index contributed by atoms with van der Waals surface area (Å²) in [5.74, 6) is 0.459. The molecule has 0 amide bonds. The molecule has 0 saturated carbocycles. The standard InChI is InChI=1S/C13H25N3O/c1-5-9-16-13(6-7-15-16)11(2)12(3)14-8-10-17-4/h6-7,11-12,14H,5,8-10H2,1-4H3. The van der Waals surface area contributed by atoms with Gasteiger partial charge in [-0.15, -0.1) is 0 Å². The number of rotatable bonds is 8. The summed E-state index contributed by atoms with van der Waals surface area (Å²) in [5.41, 5.74) is 1.31. The van der Waals surface area contributed by atoms with Crippen LogP contribution in [0.5, 0.6) is 0 Å². The summed E-state index contributed by atoms with van der Waals surface area (Å²) >= 11 is 0. The van der Waals surface area contributed by atoms with Crippen molar-refractivity contribution in [2.75, 3.05) is 20.3 Å². The van der Waals surface area contributed by atoms with Crippen LogP contribution >= 0.6 is 0 Å². The maximum atomic E-state index is 5.04. The molecule has 0 aromatic carbocycles. The molecule has 0 fully saturated rings. The van der Waals surface area contributed by atoms with Crippen LogP contribution in [0.25, 0.3) is 0 Å². The molecule has 0 spiro atoms. The Morgan fingerprint density at radius 2 is 2.24 bits per heavy atom. The van der Waals surface area contributed by atoms with Crippen molar-refractivity contribution < 1.29 is 4.74 Å². The summed E-state index contributed by atoms with van der Waals surface area (Å²) in [7, 11) is 1.73. The maximum Gasteiger partial charge on any atom is 0.0587 e. The number of aryl methyl sites for hydroxylation is 1. The van der Waals surface area contributed by atoms with Crippen LogP contribution in [-0.2, 0) is 11.3 Å². The van der Waals surface area contributed by atoms with E-state index in [1.807, 2.05) is 6.20 Å². The highest BCUT2D eigenvalue weighted by molar-refractivity contribution is 5.09. The van der Waals surface area contributed by atoms with Gasteiger partial charge in [0.1, 0.15) is 0 Å². The summed E-state index contributed by atoms with van der Waals surface area (Å²) in [6, 6.07) is 2.55. The molecule has 1 aromatic heterocycles. The zero-order chi connectivity index (χ0) is 12.7. The Morgan fingerprint density at radius 3 is 2.88 bits per heavy atom. The number of ether oxygens (including phenoxy) is 1. The van der Waals surface area contributed by atoms with Gasteiger partial charge in [0.05, 0.1) is 6.61 Å². The molecular formula is C13H25N3O. The monoisotopic (exact) mass is 239 g/mol. The summed E-state index contributed by atoms with van der Waals surface area (Å²) in [6.07, 6.45) is 3.01. The van der Waals surface area contributed by atoms with Crippen LogP contribution in [0.4, 0.5) is 0 Å². The van der Waals surface area contributed by atoms with E-state index in [-0.39, 0.29) is 0 Å². The number of nitrogens with one attached hydrogen (secondary N) is 1. The van der Waals surface area contributed by atoms with Gasteiger partial charge >= 0.3 is 0 Å². The molecular weight excluding hydrogens is 214 g/mol. The van der Waals surface area contributed by atoms with Gasteiger partial charge in [0.15, 0.2) is 0 Å². The van der Waals surface area contributed by atoms with Gasteiger partial charge in [-0.25, -0.2) is 0 Å². The molecule has 0 saturated heterocycles. The quantitative estimate of drug-likeness (QED) is 0.705. The van der Waals surface area contributed by atoms with E-state index in [0.717, 1.165) is 26.1 Å². The minimum atomic E-state index is 0.428. The topological polar surface area (TPSA) is 39.1 Å². The Balaban J connectivity index is 2.54. The van der Waals surface area contributed by atoms with Crippen molar-refractivity contribution in [1.29, 1.82) is 0 Å². The Kier molecular flexibility index (Phi) is 6.22. The second kappa shape index (κ2) is 7.45. The molecule has 2 atom stereocenters. The number of hydrogen-bond donors (Lipinski definition) is 1. The molecule has 4 nitrogen and oxygen atoms in total. The zero-order valence-corrected chi connectivity index (χ0v) is 11.4. The highest BCUT2D eigenvalue weighted by Gasteiger charge is 2.17. The third kappa shape index (κ3) is 4.13. The van der Waals surface area contributed by atoms with Gasteiger partial charge in [-0.3, -0.25) is 4.68 Å². The molecule has 0 radical (unpaired) electrons. The molecule has 1 aromatic rings.